The van der Waals surface area contributed by atoms with Crippen LogP contribution >= 0.6 is 11.8 Å². The normalized spacial score (nSPS) is 17.7. The largest absolute Gasteiger partial charge is 0.375 e. The number of nitrogens with zero attached hydrogens (tertiary/aromatic N) is 3. The van der Waals surface area contributed by atoms with Gasteiger partial charge in [-0.05, 0) is 42.7 Å². The molecule has 1 fully saturated rings. The molecule has 4 N–H and O–H groups in total. The molecule has 1 aromatic carbocycles. The van der Waals surface area contributed by atoms with Crippen molar-refractivity contribution in [2.45, 2.75) is 18.2 Å². The Morgan fingerprint density at radius 2 is 2.00 bits per heavy atom. The quantitative estimate of drug-likeness (QED) is 0.566. The molecule has 1 aromatic heterocycles. The van der Waals surface area contributed by atoms with Crippen LogP contribution in [-0.4, -0.2) is 47.9 Å². The topological polar surface area (TPSA) is 113 Å². The van der Waals surface area contributed by atoms with E-state index in [0.717, 1.165) is 42.9 Å². The SMILES string of the molecule is Cc1ccc(Nc2ncc(F)c(NC3=CCC(=CN4CCSCC4)C=C3)n2)cc1S(N)(=O)=O. The van der Waals surface area contributed by atoms with Gasteiger partial charge in [0, 0.05) is 42.2 Å². The molecule has 0 spiro atoms. The van der Waals surface area contributed by atoms with Crippen LogP contribution in [0.3, 0.4) is 0 Å². The summed E-state index contributed by atoms with van der Waals surface area (Å²) in [5.41, 5.74) is 2.87. The summed E-state index contributed by atoms with van der Waals surface area (Å²) in [7, 11) is -3.87. The van der Waals surface area contributed by atoms with E-state index in [4.69, 9.17) is 5.14 Å². The molecule has 1 saturated heterocycles. The van der Waals surface area contributed by atoms with Crippen molar-refractivity contribution in [2.75, 3.05) is 35.2 Å². The molecular weight excluding hydrogens is 463 g/mol. The number of anilines is 3. The van der Waals surface area contributed by atoms with E-state index in [1.165, 1.54) is 11.6 Å². The zero-order valence-corrected chi connectivity index (χ0v) is 19.7. The van der Waals surface area contributed by atoms with E-state index in [1.807, 2.05) is 30.0 Å². The average Bonchev–Trinajstić information content (AvgIpc) is 2.78. The lowest BCUT2D eigenvalue weighted by Gasteiger charge is -2.26. The minimum absolute atomic E-state index is 0.00220. The predicted octanol–water partition coefficient (Wildman–Crippen LogP) is 3.50. The van der Waals surface area contributed by atoms with Crippen molar-refractivity contribution in [1.29, 1.82) is 0 Å². The van der Waals surface area contributed by atoms with Gasteiger partial charge in [-0.1, -0.05) is 18.2 Å². The number of hydrogen-bond acceptors (Lipinski definition) is 8. The van der Waals surface area contributed by atoms with Gasteiger partial charge in [-0.2, -0.15) is 16.7 Å². The Balaban J connectivity index is 1.45. The van der Waals surface area contributed by atoms with Gasteiger partial charge >= 0.3 is 0 Å². The van der Waals surface area contributed by atoms with Crippen molar-refractivity contribution < 1.29 is 12.8 Å². The molecule has 0 atom stereocenters. The third-order valence-electron chi connectivity index (χ3n) is 5.19. The van der Waals surface area contributed by atoms with Crippen LogP contribution in [0.15, 0.2) is 65.0 Å². The number of aromatic nitrogens is 2. The highest BCUT2D eigenvalue weighted by Crippen LogP contribution is 2.24. The van der Waals surface area contributed by atoms with Gasteiger partial charge in [0.15, 0.2) is 11.6 Å². The monoisotopic (exact) mass is 488 g/mol. The number of aryl methyl sites for hydroxylation is 1. The van der Waals surface area contributed by atoms with E-state index in [2.05, 4.69) is 31.7 Å². The second kappa shape index (κ2) is 9.94. The summed E-state index contributed by atoms with van der Waals surface area (Å²) in [6, 6.07) is 4.69. The highest BCUT2D eigenvalue weighted by Gasteiger charge is 2.14. The zero-order valence-electron chi connectivity index (χ0n) is 18.1. The number of rotatable bonds is 6. The highest BCUT2D eigenvalue weighted by molar-refractivity contribution is 7.99. The molecule has 8 nitrogen and oxygen atoms in total. The molecule has 1 aliphatic carbocycles. The van der Waals surface area contributed by atoms with Gasteiger partial charge in [0.25, 0.3) is 0 Å². The van der Waals surface area contributed by atoms with Crippen molar-refractivity contribution in [3.63, 3.8) is 0 Å². The number of sulfonamides is 1. The molecule has 2 heterocycles. The van der Waals surface area contributed by atoms with Gasteiger partial charge < -0.3 is 15.5 Å². The van der Waals surface area contributed by atoms with Crippen LogP contribution in [0.1, 0.15) is 12.0 Å². The number of halogens is 1. The molecular formula is C22H25FN6O2S2. The van der Waals surface area contributed by atoms with Crippen LogP contribution in [0.5, 0.6) is 0 Å². The number of allylic oxidation sites excluding steroid dienone is 4. The molecule has 2 aliphatic rings. The van der Waals surface area contributed by atoms with Crippen LogP contribution in [0, 0.1) is 12.7 Å². The summed E-state index contributed by atoms with van der Waals surface area (Å²) < 4.78 is 37.8. The summed E-state index contributed by atoms with van der Waals surface area (Å²) in [5, 5.41) is 11.2. The molecule has 0 unspecified atom stereocenters. The van der Waals surface area contributed by atoms with Crippen LogP contribution in [0.25, 0.3) is 0 Å². The van der Waals surface area contributed by atoms with Crippen LogP contribution < -0.4 is 15.8 Å². The average molecular weight is 489 g/mol. The van der Waals surface area contributed by atoms with E-state index in [0.29, 0.717) is 11.3 Å². The van der Waals surface area contributed by atoms with Gasteiger partial charge in [-0.3, -0.25) is 0 Å². The summed E-state index contributed by atoms with van der Waals surface area (Å²) in [6.45, 7) is 3.76. The van der Waals surface area contributed by atoms with Gasteiger partial charge in [-0.25, -0.2) is 22.9 Å². The first-order valence-electron chi connectivity index (χ1n) is 10.4. The van der Waals surface area contributed by atoms with Crippen LogP contribution in [-0.2, 0) is 10.0 Å². The molecule has 2 aromatic rings. The maximum atomic E-state index is 14.3. The summed E-state index contributed by atoms with van der Waals surface area (Å²) in [4.78, 5) is 10.5. The molecule has 0 bridgehead atoms. The Kier molecular flexibility index (Phi) is 7.01. The first-order valence-corrected chi connectivity index (χ1v) is 13.1. The number of thioether (sulfide) groups is 1. The molecule has 1 aliphatic heterocycles. The predicted molar refractivity (Wildman–Crippen MR) is 130 cm³/mol. The summed E-state index contributed by atoms with van der Waals surface area (Å²) in [6.07, 6.45) is 9.87. The van der Waals surface area contributed by atoms with Gasteiger partial charge in [0.2, 0.25) is 16.0 Å². The van der Waals surface area contributed by atoms with E-state index < -0.39 is 15.8 Å². The number of primary sulfonamides is 1. The zero-order chi connectivity index (χ0) is 23.4. The summed E-state index contributed by atoms with van der Waals surface area (Å²) >= 11 is 1.97. The Morgan fingerprint density at radius 3 is 2.70 bits per heavy atom. The number of benzene rings is 1. The Morgan fingerprint density at radius 1 is 1.21 bits per heavy atom. The standard InChI is InChI=1S/C22H25FN6O2S2/c1-15-2-5-18(12-20(15)33(24,30)31)27-22-25-13-19(23)21(28-22)26-17-6-3-16(4-7-17)14-29-8-10-32-11-9-29/h2-3,5-7,12-14H,4,8-11H2,1H3,(H2,24,30,31)(H2,25,26,27,28). The lowest BCUT2D eigenvalue weighted by Crippen LogP contribution is -2.28. The second-order valence-electron chi connectivity index (χ2n) is 7.71. The first kappa shape index (κ1) is 23.3. The maximum absolute atomic E-state index is 14.3. The molecule has 11 heteroatoms. The van der Waals surface area contributed by atoms with Gasteiger partial charge in [-0.15, -0.1) is 0 Å². The maximum Gasteiger partial charge on any atom is 0.238 e. The molecule has 4 rings (SSSR count). The molecule has 33 heavy (non-hydrogen) atoms. The number of nitrogens with two attached hydrogens (primary N) is 1. The summed E-state index contributed by atoms with van der Waals surface area (Å²) in [5.74, 6) is 1.82. The Hall–Kier alpha value is -2.89. The fourth-order valence-corrected chi connectivity index (χ4v) is 5.19. The van der Waals surface area contributed by atoms with Crippen molar-refractivity contribution in [3.05, 3.63) is 71.5 Å². The lowest BCUT2D eigenvalue weighted by molar-refractivity contribution is 0.414. The van der Waals surface area contributed by atoms with Crippen molar-refractivity contribution in [3.8, 4) is 0 Å². The third-order valence-corrected chi connectivity index (χ3v) is 7.18. The van der Waals surface area contributed by atoms with Crippen molar-refractivity contribution in [1.82, 2.24) is 14.9 Å². The fourth-order valence-electron chi connectivity index (χ4n) is 3.46. The molecule has 0 saturated carbocycles. The Bertz CT molecular complexity index is 1240. The van der Waals surface area contributed by atoms with E-state index in [9.17, 15) is 12.8 Å². The van der Waals surface area contributed by atoms with E-state index in [1.54, 1.807) is 19.1 Å². The first-order chi connectivity index (χ1) is 15.8. The van der Waals surface area contributed by atoms with E-state index in [-0.39, 0.29) is 16.7 Å². The van der Waals surface area contributed by atoms with Crippen LogP contribution in [0.2, 0.25) is 0 Å². The molecule has 0 amide bonds. The Labute approximate surface area is 196 Å². The van der Waals surface area contributed by atoms with E-state index >= 15 is 0 Å². The number of nitrogens with one attached hydrogen (secondary N) is 2. The number of hydrogen-bond donors (Lipinski definition) is 3. The minimum Gasteiger partial charge on any atom is -0.375 e. The minimum atomic E-state index is -3.87. The van der Waals surface area contributed by atoms with Gasteiger partial charge in [0.05, 0.1) is 11.1 Å². The van der Waals surface area contributed by atoms with Crippen molar-refractivity contribution in [2.24, 2.45) is 5.14 Å². The fraction of sp³-hybridized carbons (Fsp3) is 0.273. The lowest BCUT2D eigenvalue weighted by atomic mass is 10.1. The smallest absolute Gasteiger partial charge is 0.238 e. The third kappa shape index (κ3) is 6.12. The second-order valence-corrected chi connectivity index (χ2v) is 10.5. The van der Waals surface area contributed by atoms with Crippen molar-refractivity contribution >= 4 is 39.2 Å². The highest BCUT2D eigenvalue weighted by atomic mass is 32.2. The van der Waals surface area contributed by atoms with Gasteiger partial charge in [0.1, 0.15) is 0 Å². The van der Waals surface area contributed by atoms with Crippen LogP contribution in [0.4, 0.5) is 21.8 Å². The molecule has 174 valence electrons. The molecule has 0 radical (unpaired) electrons.